The summed E-state index contributed by atoms with van der Waals surface area (Å²) in [5.74, 6) is -0.567. The van der Waals surface area contributed by atoms with Crippen LogP contribution in [-0.2, 0) is 0 Å². The molecule has 2 N–H and O–H groups in total. The Balaban J connectivity index is 2.44. The highest BCUT2D eigenvalue weighted by atomic mass is 19.1. The van der Waals surface area contributed by atoms with Gasteiger partial charge < -0.3 is 5.73 Å². The third kappa shape index (κ3) is 0.790. The molecule has 0 saturated heterocycles. The van der Waals surface area contributed by atoms with Crippen LogP contribution in [0.2, 0.25) is 0 Å². The highest BCUT2D eigenvalue weighted by Crippen LogP contribution is 2.23. The van der Waals surface area contributed by atoms with E-state index in [0.717, 1.165) is 0 Å². The summed E-state index contributed by atoms with van der Waals surface area (Å²) in [6.07, 6.45) is 4.67. The van der Waals surface area contributed by atoms with Gasteiger partial charge in [0.2, 0.25) is 0 Å². The third-order valence-electron chi connectivity index (χ3n) is 1.67. The van der Waals surface area contributed by atoms with Gasteiger partial charge in [0.15, 0.2) is 0 Å². The molecule has 2 rings (SSSR count). The standard InChI is InChI=1S/C7H6FN3/c8-4-2-1-3-5-6(4)7(9)11-10-5/h1-3,6H,(H2,9,11)/t6-/m1/s1. The molecule has 0 fully saturated rings. The first-order chi connectivity index (χ1) is 5.29. The van der Waals surface area contributed by atoms with Crippen molar-refractivity contribution in [3.63, 3.8) is 0 Å². The van der Waals surface area contributed by atoms with Gasteiger partial charge in [-0.05, 0) is 12.2 Å². The van der Waals surface area contributed by atoms with Gasteiger partial charge in [0.1, 0.15) is 17.6 Å². The van der Waals surface area contributed by atoms with Crippen molar-refractivity contribution in [3.8, 4) is 0 Å². The predicted octanol–water partition coefficient (Wildman–Crippen LogP) is 0.753. The Kier molecular flexibility index (Phi) is 1.15. The number of rotatable bonds is 0. The van der Waals surface area contributed by atoms with Gasteiger partial charge in [-0.2, -0.15) is 5.10 Å². The summed E-state index contributed by atoms with van der Waals surface area (Å²) in [5, 5.41) is 7.28. The first-order valence-corrected chi connectivity index (χ1v) is 3.23. The number of nitrogens with two attached hydrogens (primary N) is 1. The largest absolute Gasteiger partial charge is 0.385 e. The lowest BCUT2D eigenvalue weighted by Gasteiger charge is -2.10. The molecule has 0 unspecified atom stereocenters. The maximum Gasteiger partial charge on any atom is 0.138 e. The van der Waals surface area contributed by atoms with E-state index in [0.29, 0.717) is 5.71 Å². The van der Waals surface area contributed by atoms with E-state index >= 15 is 0 Å². The third-order valence-corrected chi connectivity index (χ3v) is 1.67. The molecule has 0 saturated carbocycles. The number of hydrogen-bond donors (Lipinski definition) is 1. The Labute approximate surface area is 62.8 Å². The van der Waals surface area contributed by atoms with Crippen LogP contribution in [0.15, 0.2) is 34.3 Å². The minimum Gasteiger partial charge on any atom is -0.385 e. The fourth-order valence-corrected chi connectivity index (χ4v) is 1.13. The summed E-state index contributed by atoms with van der Waals surface area (Å²) >= 11 is 0. The Morgan fingerprint density at radius 3 is 3.00 bits per heavy atom. The molecular weight excluding hydrogens is 145 g/mol. The number of halogens is 1. The summed E-state index contributed by atoms with van der Waals surface area (Å²) in [6.45, 7) is 0. The maximum absolute atomic E-state index is 13.0. The second-order valence-electron chi connectivity index (χ2n) is 2.39. The highest BCUT2D eigenvalue weighted by Gasteiger charge is 2.29. The normalized spacial score (nSPS) is 27.4. The van der Waals surface area contributed by atoms with Crippen LogP contribution in [0.1, 0.15) is 0 Å². The Bertz CT molecular complexity index is 312. The molecule has 1 aliphatic carbocycles. The van der Waals surface area contributed by atoms with Gasteiger partial charge in [0.25, 0.3) is 0 Å². The Morgan fingerprint density at radius 2 is 2.27 bits per heavy atom. The Morgan fingerprint density at radius 1 is 1.45 bits per heavy atom. The van der Waals surface area contributed by atoms with E-state index in [1.54, 1.807) is 12.2 Å². The molecule has 1 atom stereocenters. The fourth-order valence-electron chi connectivity index (χ4n) is 1.13. The SMILES string of the molecule is NC1=NN=C2C=CC=C(F)[C@@H]12. The summed E-state index contributed by atoms with van der Waals surface area (Å²) in [6, 6.07) is 0. The zero-order valence-corrected chi connectivity index (χ0v) is 5.66. The van der Waals surface area contributed by atoms with E-state index in [1.807, 2.05) is 0 Å². The molecule has 0 radical (unpaired) electrons. The van der Waals surface area contributed by atoms with Crippen LogP contribution in [0.5, 0.6) is 0 Å². The minimum absolute atomic E-state index is 0.234. The molecule has 0 aromatic carbocycles. The second kappa shape index (κ2) is 2.02. The lowest BCUT2D eigenvalue weighted by atomic mass is 9.97. The van der Waals surface area contributed by atoms with Gasteiger partial charge in [-0.15, -0.1) is 5.10 Å². The first-order valence-electron chi connectivity index (χ1n) is 3.23. The zero-order valence-electron chi connectivity index (χ0n) is 5.66. The maximum atomic E-state index is 13.0. The summed E-state index contributed by atoms with van der Waals surface area (Å²) < 4.78 is 13.0. The van der Waals surface area contributed by atoms with Crippen molar-refractivity contribution in [2.75, 3.05) is 0 Å². The molecule has 3 nitrogen and oxygen atoms in total. The zero-order chi connectivity index (χ0) is 7.84. The summed E-state index contributed by atoms with van der Waals surface area (Å²) in [5.41, 5.74) is 5.99. The van der Waals surface area contributed by atoms with Crippen LogP contribution in [0.25, 0.3) is 0 Å². The van der Waals surface area contributed by atoms with E-state index in [9.17, 15) is 4.39 Å². The van der Waals surface area contributed by atoms with Gasteiger partial charge in [0.05, 0.1) is 5.71 Å². The molecule has 0 aromatic rings. The molecular formula is C7H6FN3. The molecule has 0 aromatic heterocycles. The highest BCUT2D eigenvalue weighted by molar-refractivity contribution is 6.16. The Hall–Kier alpha value is -1.45. The number of allylic oxidation sites excluding steroid dienone is 3. The molecule has 1 heterocycles. The summed E-state index contributed by atoms with van der Waals surface area (Å²) in [7, 11) is 0. The fraction of sp³-hybridized carbons (Fsp3) is 0.143. The van der Waals surface area contributed by atoms with Gasteiger partial charge >= 0.3 is 0 Å². The van der Waals surface area contributed by atoms with Crippen LogP contribution in [-0.4, -0.2) is 11.5 Å². The molecule has 1 aliphatic heterocycles. The van der Waals surface area contributed by atoms with E-state index in [1.165, 1.54) is 6.08 Å². The van der Waals surface area contributed by atoms with Crippen LogP contribution < -0.4 is 5.73 Å². The van der Waals surface area contributed by atoms with Crippen LogP contribution in [0.4, 0.5) is 4.39 Å². The average Bonchev–Trinajstić information content (AvgIpc) is 2.34. The molecule has 0 spiro atoms. The summed E-state index contributed by atoms with van der Waals surface area (Å²) in [4.78, 5) is 0. The second-order valence-corrected chi connectivity index (χ2v) is 2.39. The van der Waals surface area contributed by atoms with Crippen LogP contribution >= 0.6 is 0 Å². The quantitative estimate of drug-likeness (QED) is 0.545. The van der Waals surface area contributed by atoms with Crippen molar-refractivity contribution in [2.24, 2.45) is 21.9 Å². The smallest absolute Gasteiger partial charge is 0.138 e. The molecule has 0 bridgehead atoms. The van der Waals surface area contributed by atoms with Gasteiger partial charge in [0, 0.05) is 0 Å². The first kappa shape index (κ1) is 6.27. The molecule has 11 heavy (non-hydrogen) atoms. The van der Waals surface area contributed by atoms with E-state index < -0.39 is 5.92 Å². The lowest BCUT2D eigenvalue weighted by Crippen LogP contribution is -2.27. The molecule has 2 aliphatic rings. The number of nitrogens with zero attached hydrogens (tertiary/aromatic N) is 2. The molecule has 0 amide bonds. The number of hydrogen-bond acceptors (Lipinski definition) is 3. The average molecular weight is 151 g/mol. The number of amidine groups is 1. The molecule has 4 heteroatoms. The van der Waals surface area contributed by atoms with E-state index in [-0.39, 0.29) is 11.7 Å². The van der Waals surface area contributed by atoms with Gasteiger partial charge in [-0.25, -0.2) is 4.39 Å². The van der Waals surface area contributed by atoms with E-state index in [2.05, 4.69) is 10.2 Å². The van der Waals surface area contributed by atoms with Crippen molar-refractivity contribution in [1.82, 2.24) is 0 Å². The van der Waals surface area contributed by atoms with Gasteiger partial charge in [-0.3, -0.25) is 0 Å². The van der Waals surface area contributed by atoms with Crippen molar-refractivity contribution in [1.29, 1.82) is 0 Å². The lowest BCUT2D eigenvalue weighted by molar-refractivity contribution is 0.595. The van der Waals surface area contributed by atoms with E-state index in [4.69, 9.17) is 5.73 Å². The topological polar surface area (TPSA) is 50.7 Å². The van der Waals surface area contributed by atoms with Gasteiger partial charge in [-0.1, -0.05) is 6.08 Å². The van der Waals surface area contributed by atoms with Crippen LogP contribution in [0.3, 0.4) is 0 Å². The van der Waals surface area contributed by atoms with Crippen molar-refractivity contribution in [3.05, 3.63) is 24.1 Å². The monoisotopic (exact) mass is 151 g/mol. The van der Waals surface area contributed by atoms with Crippen molar-refractivity contribution < 1.29 is 4.39 Å². The van der Waals surface area contributed by atoms with Crippen molar-refractivity contribution in [2.45, 2.75) is 0 Å². The molecule has 56 valence electrons. The predicted molar refractivity (Wildman–Crippen MR) is 40.9 cm³/mol. The number of fused-ring (bicyclic) bond motifs is 1. The van der Waals surface area contributed by atoms with Crippen molar-refractivity contribution >= 4 is 11.5 Å². The van der Waals surface area contributed by atoms with Crippen LogP contribution in [0, 0.1) is 5.92 Å². The minimum atomic E-state index is -0.514.